The minimum Gasteiger partial charge on any atom is -0.480 e. The van der Waals surface area contributed by atoms with E-state index in [2.05, 4.69) is 0 Å². The highest BCUT2D eigenvalue weighted by molar-refractivity contribution is 7.88. The highest BCUT2D eigenvalue weighted by atomic mass is 32.2. The van der Waals surface area contributed by atoms with Crippen LogP contribution >= 0.6 is 0 Å². The standard InChI is InChI=1S/C12H23N3O5S/c1-4-10(2)15(9-11(16)17)12(18)13-5-7-14(8-6-13)21(3,19)20/h10H,4-9H2,1-3H3,(H,16,17). The smallest absolute Gasteiger partial charge is 0.323 e. The second-order valence-corrected chi connectivity index (χ2v) is 7.19. The van der Waals surface area contributed by atoms with Crippen LogP contribution in [0.15, 0.2) is 0 Å². The van der Waals surface area contributed by atoms with E-state index in [0.717, 1.165) is 6.26 Å². The Bertz CT molecular complexity index is 485. The van der Waals surface area contributed by atoms with Crippen LogP contribution in [0.5, 0.6) is 0 Å². The van der Waals surface area contributed by atoms with Crippen LogP contribution in [0.4, 0.5) is 4.79 Å². The van der Waals surface area contributed by atoms with Gasteiger partial charge in [0.1, 0.15) is 6.54 Å². The number of carbonyl (C=O) groups excluding carboxylic acids is 1. The van der Waals surface area contributed by atoms with E-state index < -0.39 is 16.0 Å². The first-order chi connectivity index (χ1) is 9.66. The van der Waals surface area contributed by atoms with Gasteiger partial charge in [0.15, 0.2) is 0 Å². The summed E-state index contributed by atoms with van der Waals surface area (Å²) in [6.07, 6.45) is 1.79. The van der Waals surface area contributed by atoms with Crippen molar-refractivity contribution in [3.63, 3.8) is 0 Å². The van der Waals surface area contributed by atoms with Gasteiger partial charge in [-0.25, -0.2) is 13.2 Å². The van der Waals surface area contributed by atoms with Crippen LogP contribution in [0.25, 0.3) is 0 Å². The van der Waals surface area contributed by atoms with Gasteiger partial charge < -0.3 is 14.9 Å². The highest BCUT2D eigenvalue weighted by Gasteiger charge is 2.30. The number of sulfonamides is 1. The largest absolute Gasteiger partial charge is 0.480 e. The molecule has 1 saturated heterocycles. The molecule has 0 aromatic carbocycles. The minimum absolute atomic E-state index is 0.179. The Hall–Kier alpha value is -1.35. The molecule has 21 heavy (non-hydrogen) atoms. The molecular formula is C12H23N3O5S. The molecule has 1 fully saturated rings. The van der Waals surface area contributed by atoms with Crippen molar-refractivity contribution < 1.29 is 23.1 Å². The van der Waals surface area contributed by atoms with Crippen molar-refractivity contribution in [1.29, 1.82) is 0 Å². The molecule has 8 nitrogen and oxygen atoms in total. The molecule has 1 aliphatic heterocycles. The maximum Gasteiger partial charge on any atom is 0.323 e. The van der Waals surface area contributed by atoms with Crippen LogP contribution < -0.4 is 0 Å². The number of hydrogen-bond acceptors (Lipinski definition) is 4. The molecule has 0 saturated carbocycles. The Morgan fingerprint density at radius 2 is 1.76 bits per heavy atom. The summed E-state index contributed by atoms with van der Waals surface area (Å²) in [5.41, 5.74) is 0. The Morgan fingerprint density at radius 1 is 1.24 bits per heavy atom. The van der Waals surface area contributed by atoms with Gasteiger partial charge in [-0.15, -0.1) is 0 Å². The lowest BCUT2D eigenvalue weighted by molar-refractivity contribution is -0.138. The van der Waals surface area contributed by atoms with Gasteiger partial charge in [0.05, 0.1) is 6.26 Å². The van der Waals surface area contributed by atoms with Crippen LogP contribution in [0.2, 0.25) is 0 Å². The van der Waals surface area contributed by atoms with E-state index in [-0.39, 0.29) is 44.8 Å². The number of urea groups is 1. The van der Waals surface area contributed by atoms with Crippen LogP contribution in [0, 0.1) is 0 Å². The van der Waals surface area contributed by atoms with Crippen LogP contribution in [-0.2, 0) is 14.8 Å². The van der Waals surface area contributed by atoms with Gasteiger partial charge in [0.2, 0.25) is 10.0 Å². The number of piperazine rings is 1. The summed E-state index contributed by atoms with van der Waals surface area (Å²) in [5, 5.41) is 8.92. The number of nitrogens with zero attached hydrogens (tertiary/aromatic N) is 3. The van der Waals surface area contributed by atoms with Crippen molar-refractivity contribution >= 4 is 22.0 Å². The fourth-order valence-electron chi connectivity index (χ4n) is 2.17. The lowest BCUT2D eigenvalue weighted by atomic mass is 10.2. The van der Waals surface area contributed by atoms with Crippen molar-refractivity contribution in [2.45, 2.75) is 26.3 Å². The number of carboxylic acids is 1. The third-order valence-electron chi connectivity index (χ3n) is 3.65. The summed E-state index contributed by atoms with van der Waals surface area (Å²) in [7, 11) is -3.25. The minimum atomic E-state index is -3.25. The van der Waals surface area contributed by atoms with Crippen molar-refractivity contribution in [3.05, 3.63) is 0 Å². The van der Waals surface area contributed by atoms with Crippen LogP contribution in [0.3, 0.4) is 0 Å². The zero-order chi connectivity index (χ0) is 16.2. The predicted octanol–water partition coefficient (Wildman–Crippen LogP) is -0.131. The molecular weight excluding hydrogens is 298 g/mol. The maximum absolute atomic E-state index is 12.4. The molecule has 1 N–H and O–H groups in total. The first kappa shape index (κ1) is 17.7. The maximum atomic E-state index is 12.4. The molecule has 1 atom stereocenters. The van der Waals surface area contributed by atoms with Crippen molar-refractivity contribution in [3.8, 4) is 0 Å². The molecule has 2 amide bonds. The lowest BCUT2D eigenvalue weighted by Crippen LogP contribution is -2.56. The highest BCUT2D eigenvalue weighted by Crippen LogP contribution is 2.12. The summed E-state index contributed by atoms with van der Waals surface area (Å²) in [5.74, 6) is -1.06. The average molecular weight is 321 g/mol. The number of carboxylic acid groups (broad SMARTS) is 1. The Kier molecular flexibility index (Phi) is 5.97. The van der Waals surface area contributed by atoms with E-state index in [1.165, 1.54) is 14.1 Å². The van der Waals surface area contributed by atoms with E-state index in [0.29, 0.717) is 6.42 Å². The van der Waals surface area contributed by atoms with Crippen molar-refractivity contribution in [1.82, 2.24) is 14.1 Å². The molecule has 9 heteroatoms. The van der Waals surface area contributed by atoms with E-state index >= 15 is 0 Å². The van der Waals surface area contributed by atoms with Gasteiger partial charge in [-0.2, -0.15) is 4.31 Å². The predicted molar refractivity (Wildman–Crippen MR) is 77.5 cm³/mol. The number of aliphatic carboxylic acids is 1. The molecule has 0 aliphatic carbocycles. The zero-order valence-corrected chi connectivity index (χ0v) is 13.5. The fraction of sp³-hybridized carbons (Fsp3) is 0.833. The van der Waals surface area contributed by atoms with Gasteiger partial charge in [-0.05, 0) is 13.3 Å². The monoisotopic (exact) mass is 321 g/mol. The van der Waals surface area contributed by atoms with Crippen molar-refractivity contribution in [2.24, 2.45) is 0 Å². The molecule has 0 radical (unpaired) electrons. The normalized spacial score (nSPS) is 18.3. The summed E-state index contributed by atoms with van der Waals surface area (Å²) in [6.45, 7) is 4.37. The molecule has 122 valence electrons. The average Bonchev–Trinajstić information content (AvgIpc) is 2.42. The Morgan fingerprint density at radius 3 is 2.14 bits per heavy atom. The first-order valence-corrected chi connectivity index (χ1v) is 8.74. The second kappa shape index (κ2) is 7.08. The lowest BCUT2D eigenvalue weighted by Gasteiger charge is -2.37. The van der Waals surface area contributed by atoms with Crippen LogP contribution in [-0.4, -0.2) is 84.7 Å². The van der Waals surface area contributed by atoms with E-state index in [9.17, 15) is 18.0 Å². The summed E-state index contributed by atoms with van der Waals surface area (Å²) >= 11 is 0. The molecule has 0 aromatic rings. The summed E-state index contributed by atoms with van der Waals surface area (Å²) in [4.78, 5) is 26.1. The number of amides is 2. The topological polar surface area (TPSA) is 98.2 Å². The second-order valence-electron chi connectivity index (χ2n) is 5.21. The molecule has 1 unspecified atom stereocenters. The van der Waals surface area contributed by atoms with Gasteiger partial charge in [-0.3, -0.25) is 4.79 Å². The van der Waals surface area contributed by atoms with E-state index in [1.54, 1.807) is 6.92 Å². The van der Waals surface area contributed by atoms with Crippen molar-refractivity contribution in [2.75, 3.05) is 39.0 Å². The van der Waals surface area contributed by atoms with Gasteiger partial charge in [0, 0.05) is 32.2 Å². The van der Waals surface area contributed by atoms with Gasteiger partial charge in [0.25, 0.3) is 0 Å². The van der Waals surface area contributed by atoms with Gasteiger partial charge >= 0.3 is 12.0 Å². The number of carbonyl (C=O) groups is 2. The molecule has 0 bridgehead atoms. The van der Waals surface area contributed by atoms with E-state index in [1.807, 2.05) is 6.92 Å². The first-order valence-electron chi connectivity index (χ1n) is 6.89. The number of hydrogen-bond donors (Lipinski definition) is 1. The summed E-state index contributed by atoms with van der Waals surface area (Å²) < 4.78 is 24.2. The third-order valence-corrected chi connectivity index (χ3v) is 4.96. The van der Waals surface area contributed by atoms with E-state index in [4.69, 9.17) is 5.11 Å². The summed E-state index contributed by atoms with van der Waals surface area (Å²) in [6, 6.07) is -0.526. The van der Waals surface area contributed by atoms with Crippen LogP contribution in [0.1, 0.15) is 20.3 Å². The molecule has 1 aliphatic rings. The van der Waals surface area contributed by atoms with Gasteiger partial charge in [-0.1, -0.05) is 6.92 Å². The molecule has 1 rings (SSSR count). The fourth-order valence-corrected chi connectivity index (χ4v) is 3.00. The molecule has 0 spiro atoms. The number of rotatable bonds is 5. The molecule has 0 aromatic heterocycles. The SMILES string of the molecule is CCC(C)N(CC(=O)O)C(=O)N1CCN(S(C)(=O)=O)CC1. The zero-order valence-electron chi connectivity index (χ0n) is 12.7. The molecule has 1 heterocycles. The third kappa shape index (κ3) is 4.85. The Balaban J connectivity index is 2.71. The Labute approximate surface area is 125 Å². The quantitative estimate of drug-likeness (QED) is 0.760.